The molecule has 1 N–H and O–H groups in total. The number of rotatable bonds is 7. The fraction of sp³-hybridized carbons (Fsp3) is 0.136. The van der Waals surface area contributed by atoms with Gasteiger partial charge in [0, 0.05) is 12.7 Å². The zero-order chi connectivity index (χ0) is 20.9. The van der Waals surface area contributed by atoms with E-state index in [1.54, 1.807) is 60.7 Å². The number of ether oxygens (including phenoxy) is 1. The molecule has 0 aliphatic heterocycles. The first-order valence-corrected chi connectivity index (χ1v) is 10.5. The van der Waals surface area contributed by atoms with Gasteiger partial charge in [-0.25, -0.2) is 8.42 Å². The van der Waals surface area contributed by atoms with Gasteiger partial charge in [0.15, 0.2) is 0 Å². The Hall–Kier alpha value is -3.32. The molecule has 0 saturated carbocycles. The van der Waals surface area contributed by atoms with E-state index >= 15 is 0 Å². The maximum Gasteiger partial charge on any atom is 0.264 e. The third-order valence-corrected chi connectivity index (χ3v) is 6.16. The molecule has 0 saturated heterocycles. The van der Waals surface area contributed by atoms with Crippen LogP contribution in [0.3, 0.4) is 0 Å². The highest BCUT2D eigenvalue weighted by molar-refractivity contribution is 7.92. The Bertz CT molecular complexity index is 1080. The summed E-state index contributed by atoms with van der Waals surface area (Å²) in [5.41, 5.74) is 1.13. The predicted octanol–water partition coefficient (Wildman–Crippen LogP) is 4.16. The molecule has 7 heteroatoms. The maximum atomic E-state index is 13.2. The molecule has 3 aromatic carbocycles. The van der Waals surface area contributed by atoms with Crippen molar-refractivity contribution < 1.29 is 17.9 Å². The van der Waals surface area contributed by atoms with Gasteiger partial charge in [-0.05, 0) is 55.5 Å². The SMILES string of the molecule is CCOc1ccc(NC(=O)c2ccccc2S(=O)(=O)N(C)c2ccccc2)cc1. The number of nitrogens with one attached hydrogen (secondary N) is 1. The van der Waals surface area contributed by atoms with Crippen LogP contribution in [0.15, 0.2) is 83.8 Å². The van der Waals surface area contributed by atoms with Crippen LogP contribution >= 0.6 is 0 Å². The molecule has 0 unspecified atom stereocenters. The van der Waals surface area contributed by atoms with Crippen LogP contribution in [-0.4, -0.2) is 28.0 Å². The van der Waals surface area contributed by atoms with Gasteiger partial charge in [0.1, 0.15) is 10.6 Å². The van der Waals surface area contributed by atoms with Crippen molar-refractivity contribution in [2.24, 2.45) is 0 Å². The second kappa shape index (κ2) is 8.79. The molecule has 0 fully saturated rings. The molecule has 6 nitrogen and oxygen atoms in total. The molecule has 0 aromatic heterocycles. The molecular weight excluding hydrogens is 388 g/mol. The minimum absolute atomic E-state index is 0.0604. The summed E-state index contributed by atoms with van der Waals surface area (Å²) < 4.78 is 32.9. The molecule has 0 aliphatic carbocycles. The first-order valence-electron chi connectivity index (χ1n) is 9.10. The van der Waals surface area contributed by atoms with Gasteiger partial charge in [-0.2, -0.15) is 0 Å². The quantitative estimate of drug-likeness (QED) is 0.635. The van der Waals surface area contributed by atoms with Gasteiger partial charge in [-0.15, -0.1) is 0 Å². The summed E-state index contributed by atoms with van der Waals surface area (Å²) >= 11 is 0. The number of carbonyl (C=O) groups excluding carboxylic acids is 1. The molecule has 1 amide bonds. The van der Waals surface area contributed by atoms with Crippen LogP contribution in [0, 0.1) is 0 Å². The molecular formula is C22H22N2O4S. The summed E-state index contributed by atoms with van der Waals surface area (Å²) in [5.74, 6) is 0.188. The number of anilines is 2. The van der Waals surface area contributed by atoms with E-state index in [9.17, 15) is 13.2 Å². The van der Waals surface area contributed by atoms with Crippen LogP contribution in [0.25, 0.3) is 0 Å². The lowest BCUT2D eigenvalue weighted by atomic mass is 10.2. The van der Waals surface area contributed by atoms with Crippen molar-refractivity contribution in [1.29, 1.82) is 0 Å². The lowest BCUT2D eigenvalue weighted by molar-refractivity contribution is 0.102. The zero-order valence-corrected chi connectivity index (χ0v) is 17.0. The number of amides is 1. The number of hydrogen-bond acceptors (Lipinski definition) is 4. The monoisotopic (exact) mass is 410 g/mol. The number of carbonyl (C=O) groups is 1. The number of sulfonamides is 1. The Labute approximate surface area is 170 Å². The number of benzene rings is 3. The summed E-state index contributed by atoms with van der Waals surface area (Å²) in [4.78, 5) is 12.8. The summed E-state index contributed by atoms with van der Waals surface area (Å²) in [6.07, 6.45) is 0. The highest BCUT2D eigenvalue weighted by atomic mass is 32.2. The van der Waals surface area contributed by atoms with Gasteiger partial charge < -0.3 is 10.1 Å². The fourth-order valence-corrected chi connectivity index (χ4v) is 4.19. The maximum absolute atomic E-state index is 13.2. The average Bonchev–Trinajstić information content (AvgIpc) is 2.75. The van der Waals surface area contributed by atoms with Crippen LogP contribution in [0.5, 0.6) is 5.75 Å². The van der Waals surface area contributed by atoms with Crippen molar-refractivity contribution >= 4 is 27.3 Å². The molecule has 0 bridgehead atoms. The van der Waals surface area contributed by atoms with E-state index in [2.05, 4.69) is 5.32 Å². The molecule has 150 valence electrons. The van der Waals surface area contributed by atoms with Gasteiger partial charge in [0.05, 0.1) is 17.9 Å². The van der Waals surface area contributed by atoms with Crippen LogP contribution < -0.4 is 14.4 Å². The van der Waals surface area contributed by atoms with E-state index < -0.39 is 15.9 Å². The highest BCUT2D eigenvalue weighted by Gasteiger charge is 2.26. The summed E-state index contributed by atoms with van der Waals surface area (Å²) in [6.45, 7) is 2.44. The third-order valence-electron chi connectivity index (χ3n) is 4.31. The lowest BCUT2D eigenvalue weighted by Gasteiger charge is -2.21. The molecule has 0 spiro atoms. The predicted molar refractivity (Wildman–Crippen MR) is 114 cm³/mol. The van der Waals surface area contributed by atoms with Gasteiger partial charge in [0.25, 0.3) is 15.9 Å². The number of para-hydroxylation sites is 1. The Balaban J connectivity index is 1.89. The van der Waals surface area contributed by atoms with E-state index in [4.69, 9.17) is 4.74 Å². The summed E-state index contributed by atoms with van der Waals surface area (Å²) in [7, 11) is -2.46. The van der Waals surface area contributed by atoms with Crippen molar-refractivity contribution in [3.05, 3.63) is 84.4 Å². The fourth-order valence-electron chi connectivity index (χ4n) is 2.80. The van der Waals surface area contributed by atoms with Gasteiger partial charge in [0.2, 0.25) is 0 Å². The lowest BCUT2D eigenvalue weighted by Crippen LogP contribution is -2.28. The average molecular weight is 410 g/mol. The van der Waals surface area contributed by atoms with E-state index in [0.29, 0.717) is 23.7 Å². The number of hydrogen-bond donors (Lipinski definition) is 1. The second-order valence-electron chi connectivity index (χ2n) is 6.22. The van der Waals surface area contributed by atoms with Gasteiger partial charge in [-0.1, -0.05) is 30.3 Å². The summed E-state index contributed by atoms with van der Waals surface area (Å²) in [6, 6.07) is 21.8. The van der Waals surface area contributed by atoms with Crippen LogP contribution in [0.4, 0.5) is 11.4 Å². The molecule has 0 atom stereocenters. The van der Waals surface area contributed by atoms with Crippen molar-refractivity contribution in [3.63, 3.8) is 0 Å². The largest absolute Gasteiger partial charge is 0.494 e. The van der Waals surface area contributed by atoms with E-state index in [1.165, 1.54) is 19.2 Å². The molecule has 0 radical (unpaired) electrons. The van der Waals surface area contributed by atoms with Crippen LogP contribution in [-0.2, 0) is 10.0 Å². The van der Waals surface area contributed by atoms with Crippen LogP contribution in [0.1, 0.15) is 17.3 Å². The Morgan fingerprint density at radius 1 is 0.931 bits per heavy atom. The van der Waals surface area contributed by atoms with E-state index in [0.717, 1.165) is 4.31 Å². The molecule has 0 heterocycles. The van der Waals surface area contributed by atoms with Crippen molar-refractivity contribution in [1.82, 2.24) is 0 Å². The minimum atomic E-state index is -3.92. The topological polar surface area (TPSA) is 75.7 Å². The van der Waals surface area contributed by atoms with Gasteiger partial charge in [-0.3, -0.25) is 9.10 Å². The number of nitrogens with zero attached hydrogens (tertiary/aromatic N) is 1. The standard InChI is InChI=1S/C22H22N2O4S/c1-3-28-19-15-13-17(14-16-19)23-22(25)20-11-7-8-12-21(20)29(26,27)24(2)18-9-5-4-6-10-18/h4-16H,3H2,1-2H3,(H,23,25). The zero-order valence-electron chi connectivity index (χ0n) is 16.2. The van der Waals surface area contributed by atoms with Crippen molar-refractivity contribution in [2.75, 3.05) is 23.3 Å². The molecule has 3 aromatic rings. The third kappa shape index (κ3) is 4.57. The first kappa shape index (κ1) is 20.4. The normalized spacial score (nSPS) is 11.0. The Morgan fingerprint density at radius 3 is 2.21 bits per heavy atom. The summed E-state index contributed by atoms with van der Waals surface area (Å²) in [5, 5.41) is 2.74. The van der Waals surface area contributed by atoms with Crippen molar-refractivity contribution in [2.45, 2.75) is 11.8 Å². The first-order chi connectivity index (χ1) is 13.9. The van der Waals surface area contributed by atoms with Gasteiger partial charge >= 0.3 is 0 Å². The molecule has 3 rings (SSSR count). The minimum Gasteiger partial charge on any atom is -0.494 e. The molecule has 0 aliphatic rings. The second-order valence-corrected chi connectivity index (χ2v) is 8.15. The highest BCUT2D eigenvalue weighted by Crippen LogP contribution is 2.25. The smallest absolute Gasteiger partial charge is 0.264 e. The van der Waals surface area contributed by atoms with Crippen molar-refractivity contribution in [3.8, 4) is 5.75 Å². The Kier molecular flexibility index (Phi) is 6.19. The Morgan fingerprint density at radius 2 is 1.55 bits per heavy atom. The van der Waals surface area contributed by atoms with E-state index in [1.807, 2.05) is 13.0 Å². The van der Waals surface area contributed by atoms with Crippen LogP contribution in [0.2, 0.25) is 0 Å². The molecule has 29 heavy (non-hydrogen) atoms. The van der Waals surface area contributed by atoms with E-state index in [-0.39, 0.29) is 10.5 Å².